The molecule has 112 valence electrons. The molecule has 7 nitrogen and oxygen atoms in total. The quantitative estimate of drug-likeness (QED) is 0.768. The van der Waals surface area contributed by atoms with Crippen LogP contribution in [0, 0.1) is 0 Å². The van der Waals surface area contributed by atoms with E-state index in [1.807, 2.05) is 31.2 Å². The Kier molecular flexibility index (Phi) is 3.69. The zero-order chi connectivity index (χ0) is 15.5. The molecule has 7 heteroatoms. The largest absolute Gasteiger partial charge is 0.383 e. The first kappa shape index (κ1) is 14.0. The van der Waals surface area contributed by atoms with Crippen LogP contribution in [0.4, 0.5) is 11.5 Å². The molecule has 3 N–H and O–H groups in total. The third-order valence-corrected chi connectivity index (χ3v) is 3.27. The maximum atomic E-state index is 11.6. The van der Waals surface area contributed by atoms with Crippen LogP contribution in [-0.2, 0) is 4.79 Å². The van der Waals surface area contributed by atoms with Crippen molar-refractivity contribution in [2.45, 2.75) is 19.8 Å². The zero-order valence-corrected chi connectivity index (χ0v) is 12.2. The number of rotatable bonds is 4. The van der Waals surface area contributed by atoms with Gasteiger partial charge in [0.15, 0.2) is 5.65 Å². The second-order valence-electron chi connectivity index (χ2n) is 4.90. The van der Waals surface area contributed by atoms with E-state index in [1.54, 1.807) is 10.9 Å². The van der Waals surface area contributed by atoms with Gasteiger partial charge in [-0.15, -0.1) is 0 Å². The first-order valence-electron chi connectivity index (χ1n) is 7.03. The molecule has 0 saturated heterocycles. The van der Waals surface area contributed by atoms with Crippen LogP contribution in [0.15, 0.2) is 36.8 Å². The van der Waals surface area contributed by atoms with Gasteiger partial charge in [0.25, 0.3) is 0 Å². The Morgan fingerprint density at radius 2 is 2.05 bits per heavy atom. The van der Waals surface area contributed by atoms with Crippen LogP contribution in [0.25, 0.3) is 16.7 Å². The van der Waals surface area contributed by atoms with E-state index in [9.17, 15) is 4.79 Å². The van der Waals surface area contributed by atoms with E-state index in [-0.39, 0.29) is 5.91 Å². The van der Waals surface area contributed by atoms with E-state index >= 15 is 0 Å². The van der Waals surface area contributed by atoms with Crippen molar-refractivity contribution in [1.82, 2.24) is 19.7 Å². The summed E-state index contributed by atoms with van der Waals surface area (Å²) in [6, 6.07) is 7.40. The minimum atomic E-state index is 0.0142. The number of nitrogens with zero attached hydrogens (tertiary/aromatic N) is 4. The first-order chi connectivity index (χ1) is 10.7. The molecule has 2 heterocycles. The Hall–Kier alpha value is -2.96. The van der Waals surface area contributed by atoms with Gasteiger partial charge < -0.3 is 11.1 Å². The molecule has 0 radical (unpaired) electrons. The third kappa shape index (κ3) is 2.60. The van der Waals surface area contributed by atoms with Crippen LogP contribution in [0.3, 0.4) is 0 Å². The fourth-order valence-electron chi connectivity index (χ4n) is 2.19. The Morgan fingerprint density at radius 1 is 1.27 bits per heavy atom. The minimum absolute atomic E-state index is 0.0142. The van der Waals surface area contributed by atoms with Crippen molar-refractivity contribution < 1.29 is 4.79 Å². The molecular formula is C15H16N6O. The number of hydrogen-bond donors (Lipinski definition) is 2. The highest BCUT2D eigenvalue weighted by atomic mass is 16.1. The lowest BCUT2D eigenvalue weighted by molar-refractivity contribution is -0.116. The number of carbonyl (C=O) groups excluding carboxylic acids is 1. The van der Waals surface area contributed by atoms with Crippen molar-refractivity contribution >= 4 is 28.4 Å². The number of nitrogens with one attached hydrogen (secondary N) is 1. The van der Waals surface area contributed by atoms with E-state index < -0.39 is 0 Å². The monoisotopic (exact) mass is 296 g/mol. The number of hydrogen-bond acceptors (Lipinski definition) is 5. The SMILES string of the molecule is CCCC(=O)Nc1ccc(-n2ncc3c(N)ncnc32)cc1. The van der Waals surface area contributed by atoms with Crippen molar-refractivity contribution in [3.63, 3.8) is 0 Å². The first-order valence-corrected chi connectivity index (χ1v) is 7.03. The molecule has 3 rings (SSSR count). The molecule has 1 amide bonds. The van der Waals surface area contributed by atoms with E-state index in [1.165, 1.54) is 6.33 Å². The lowest BCUT2D eigenvalue weighted by atomic mass is 10.2. The maximum Gasteiger partial charge on any atom is 0.224 e. The summed E-state index contributed by atoms with van der Waals surface area (Å²) in [6.07, 6.45) is 4.39. The van der Waals surface area contributed by atoms with Crippen molar-refractivity contribution in [2.75, 3.05) is 11.1 Å². The van der Waals surface area contributed by atoms with Crippen molar-refractivity contribution in [3.05, 3.63) is 36.8 Å². The third-order valence-electron chi connectivity index (χ3n) is 3.27. The molecule has 3 aromatic rings. The topological polar surface area (TPSA) is 98.7 Å². The lowest BCUT2D eigenvalue weighted by Crippen LogP contribution is -2.10. The van der Waals surface area contributed by atoms with E-state index in [2.05, 4.69) is 20.4 Å². The zero-order valence-electron chi connectivity index (χ0n) is 12.2. The van der Waals surface area contributed by atoms with E-state index in [0.29, 0.717) is 23.3 Å². The minimum Gasteiger partial charge on any atom is -0.383 e. The van der Waals surface area contributed by atoms with Crippen LogP contribution in [0.2, 0.25) is 0 Å². The molecule has 1 aromatic carbocycles. The average molecular weight is 296 g/mol. The predicted octanol–water partition coefficient (Wildman–Crippen LogP) is 2.14. The predicted molar refractivity (Wildman–Crippen MR) is 84.6 cm³/mol. The van der Waals surface area contributed by atoms with Crippen LogP contribution >= 0.6 is 0 Å². The second-order valence-corrected chi connectivity index (χ2v) is 4.90. The summed E-state index contributed by atoms with van der Waals surface area (Å²) in [5.74, 6) is 0.417. The molecule has 0 saturated carbocycles. The number of fused-ring (bicyclic) bond motifs is 1. The van der Waals surface area contributed by atoms with Gasteiger partial charge in [0.05, 0.1) is 17.3 Å². The summed E-state index contributed by atoms with van der Waals surface area (Å²) in [4.78, 5) is 19.7. The summed E-state index contributed by atoms with van der Waals surface area (Å²) in [6.45, 7) is 1.97. The molecule has 0 aliphatic heterocycles. The van der Waals surface area contributed by atoms with E-state index in [4.69, 9.17) is 5.73 Å². The van der Waals surface area contributed by atoms with Gasteiger partial charge in [-0.1, -0.05) is 6.92 Å². The maximum absolute atomic E-state index is 11.6. The van der Waals surface area contributed by atoms with Crippen molar-refractivity contribution in [1.29, 1.82) is 0 Å². The summed E-state index contributed by atoms with van der Waals surface area (Å²) < 4.78 is 1.69. The Balaban J connectivity index is 1.89. The summed E-state index contributed by atoms with van der Waals surface area (Å²) in [5, 5.41) is 7.85. The molecule has 0 aliphatic rings. The van der Waals surface area contributed by atoms with Crippen LogP contribution < -0.4 is 11.1 Å². The number of nitrogens with two attached hydrogens (primary N) is 1. The highest BCUT2D eigenvalue weighted by Gasteiger charge is 2.09. The standard InChI is InChI=1S/C15H16N6O/c1-2-3-13(22)20-10-4-6-11(7-5-10)21-15-12(8-19-21)14(16)17-9-18-15/h4-9H,2-3H2,1H3,(H,20,22)(H2,16,17,18). The summed E-state index contributed by atoms with van der Waals surface area (Å²) in [5.41, 5.74) is 8.04. The fourth-order valence-corrected chi connectivity index (χ4v) is 2.19. The fraction of sp³-hybridized carbons (Fsp3) is 0.200. The highest BCUT2D eigenvalue weighted by Crippen LogP contribution is 2.20. The van der Waals surface area contributed by atoms with Crippen molar-refractivity contribution in [2.24, 2.45) is 0 Å². The summed E-state index contributed by atoms with van der Waals surface area (Å²) >= 11 is 0. The molecule has 0 fully saturated rings. The van der Waals surface area contributed by atoms with Gasteiger partial charge >= 0.3 is 0 Å². The molecular weight excluding hydrogens is 280 g/mol. The van der Waals surface area contributed by atoms with Crippen LogP contribution in [0.1, 0.15) is 19.8 Å². The molecule has 0 bridgehead atoms. The van der Waals surface area contributed by atoms with Crippen molar-refractivity contribution in [3.8, 4) is 5.69 Å². The van der Waals surface area contributed by atoms with Gasteiger partial charge in [-0.2, -0.15) is 5.10 Å². The number of anilines is 2. The Bertz CT molecular complexity index is 809. The second kappa shape index (κ2) is 5.80. The van der Waals surface area contributed by atoms with Crippen LogP contribution in [0.5, 0.6) is 0 Å². The lowest BCUT2D eigenvalue weighted by Gasteiger charge is -2.06. The normalized spacial score (nSPS) is 10.8. The van der Waals surface area contributed by atoms with Gasteiger partial charge in [0, 0.05) is 12.1 Å². The number of nitrogen functional groups attached to an aromatic ring is 1. The van der Waals surface area contributed by atoms with Gasteiger partial charge in [0.2, 0.25) is 5.91 Å². The van der Waals surface area contributed by atoms with E-state index in [0.717, 1.165) is 17.8 Å². The average Bonchev–Trinajstić information content (AvgIpc) is 2.94. The molecule has 0 atom stereocenters. The molecule has 22 heavy (non-hydrogen) atoms. The van der Waals surface area contributed by atoms with Gasteiger partial charge in [-0.05, 0) is 30.7 Å². The Morgan fingerprint density at radius 3 is 2.77 bits per heavy atom. The number of benzene rings is 1. The molecule has 2 aromatic heterocycles. The van der Waals surface area contributed by atoms with Gasteiger partial charge in [0.1, 0.15) is 12.1 Å². The number of amides is 1. The molecule has 0 aliphatic carbocycles. The van der Waals surface area contributed by atoms with Gasteiger partial charge in [-0.25, -0.2) is 14.6 Å². The molecule has 0 spiro atoms. The smallest absolute Gasteiger partial charge is 0.224 e. The number of aromatic nitrogens is 4. The molecule has 0 unspecified atom stereocenters. The Labute approximate surface area is 127 Å². The van der Waals surface area contributed by atoms with Gasteiger partial charge in [-0.3, -0.25) is 4.79 Å². The highest BCUT2D eigenvalue weighted by molar-refractivity contribution is 5.90. The summed E-state index contributed by atoms with van der Waals surface area (Å²) in [7, 11) is 0. The number of carbonyl (C=O) groups is 1. The van der Waals surface area contributed by atoms with Crippen LogP contribution in [-0.4, -0.2) is 25.7 Å².